The van der Waals surface area contributed by atoms with E-state index in [-0.39, 0.29) is 17.6 Å². The zero-order valence-electron chi connectivity index (χ0n) is 15.6. The van der Waals surface area contributed by atoms with Crippen LogP contribution >= 0.6 is 0 Å². The molecule has 3 aromatic rings. The van der Waals surface area contributed by atoms with Crippen LogP contribution in [0.25, 0.3) is 10.9 Å². The van der Waals surface area contributed by atoms with Crippen molar-refractivity contribution < 1.29 is 19.8 Å². The van der Waals surface area contributed by atoms with Gasteiger partial charge in [0.15, 0.2) is 0 Å². The Morgan fingerprint density at radius 2 is 2.00 bits per heavy atom. The third kappa shape index (κ3) is 3.92. The first-order valence-electron chi connectivity index (χ1n) is 9.28. The highest BCUT2D eigenvalue weighted by Crippen LogP contribution is 2.41. The average Bonchev–Trinajstić information content (AvgIpc) is 3.45. The number of carbonyl (C=O) groups excluding carboxylic acids is 1. The van der Waals surface area contributed by atoms with E-state index in [0.717, 1.165) is 46.3 Å². The predicted octanol–water partition coefficient (Wildman–Crippen LogP) is 3.51. The van der Waals surface area contributed by atoms with Crippen LogP contribution in [0, 0.1) is 18.8 Å². The molecule has 1 saturated carbocycles. The second kappa shape index (κ2) is 7.48. The van der Waals surface area contributed by atoms with Crippen molar-refractivity contribution in [2.45, 2.75) is 26.4 Å². The maximum atomic E-state index is 11.4. The van der Waals surface area contributed by atoms with Crippen molar-refractivity contribution in [2.24, 2.45) is 11.8 Å². The van der Waals surface area contributed by atoms with E-state index >= 15 is 0 Å². The van der Waals surface area contributed by atoms with E-state index in [0.29, 0.717) is 12.5 Å². The third-order valence-electron chi connectivity index (χ3n) is 5.19. The molecular weight excluding hydrogens is 356 g/mol. The smallest absolute Gasteiger partial charge is 0.246 e. The molecule has 1 heterocycles. The van der Waals surface area contributed by atoms with Crippen molar-refractivity contribution in [3.8, 4) is 11.5 Å². The summed E-state index contributed by atoms with van der Waals surface area (Å²) in [6.45, 7) is 2.33. The number of pyridine rings is 1. The fourth-order valence-corrected chi connectivity index (χ4v) is 3.62. The number of nitrogens with zero attached hydrogens (tertiary/aromatic N) is 1. The second-order valence-corrected chi connectivity index (χ2v) is 7.34. The van der Waals surface area contributed by atoms with Crippen molar-refractivity contribution in [3.63, 3.8) is 0 Å². The Bertz CT molecular complexity index is 1010. The van der Waals surface area contributed by atoms with Gasteiger partial charge < -0.3 is 9.84 Å². The number of carbonyl (C=O) groups is 1. The average molecular weight is 378 g/mol. The normalized spacial score (nSPS) is 18.1. The van der Waals surface area contributed by atoms with Crippen LogP contribution in [-0.2, 0) is 17.8 Å². The first-order valence-corrected chi connectivity index (χ1v) is 9.28. The summed E-state index contributed by atoms with van der Waals surface area (Å²) in [4.78, 5) is 15.8. The lowest BCUT2D eigenvalue weighted by atomic mass is 10.1. The van der Waals surface area contributed by atoms with E-state index in [1.807, 2.05) is 43.3 Å². The molecule has 28 heavy (non-hydrogen) atoms. The summed E-state index contributed by atoms with van der Waals surface area (Å²) in [7, 11) is 0. The van der Waals surface area contributed by atoms with Crippen molar-refractivity contribution in [1.29, 1.82) is 0 Å². The Morgan fingerprint density at radius 1 is 1.21 bits per heavy atom. The van der Waals surface area contributed by atoms with Gasteiger partial charge in [0.05, 0.1) is 5.52 Å². The van der Waals surface area contributed by atoms with Gasteiger partial charge >= 0.3 is 0 Å². The summed E-state index contributed by atoms with van der Waals surface area (Å²) in [5.41, 5.74) is 5.51. The van der Waals surface area contributed by atoms with E-state index in [9.17, 15) is 9.90 Å². The number of hydroxylamine groups is 1. The predicted molar refractivity (Wildman–Crippen MR) is 104 cm³/mol. The molecule has 1 aliphatic rings. The van der Waals surface area contributed by atoms with Gasteiger partial charge in [-0.25, -0.2) is 5.48 Å². The number of rotatable bonds is 6. The van der Waals surface area contributed by atoms with E-state index in [2.05, 4.69) is 4.98 Å². The zero-order valence-corrected chi connectivity index (χ0v) is 15.6. The standard InChI is InChI=1S/C22H22N2O4/c1-13-8-16(19-7-4-17(25)11-21(19)23-13)12-28-18-5-2-14(3-6-18)9-15-10-20(15)22(26)24-27/h2-8,11,15,20,25,27H,9-10,12H2,1H3,(H,24,26)/t15-,20+/m1/s1. The number of nitrogens with one attached hydrogen (secondary N) is 1. The number of aromatic nitrogens is 1. The molecule has 6 nitrogen and oxygen atoms in total. The monoisotopic (exact) mass is 378 g/mol. The molecule has 4 rings (SSSR count). The van der Waals surface area contributed by atoms with Crippen molar-refractivity contribution in [3.05, 3.63) is 65.4 Å². The number of phenols is 1. The fourth-order valence-electron chi connectivity index (χ4n) is 3.62. The van der Waals surface area contributed by atoms with Crippen molar-refractivity contribution >= 4 is 16.8 Å². The van der Waals surface area contributed by atoms with Crippen LogP contribution in [0.3, 0.4) is 0 Å². The summed E-state index contributed by atoms with van der Waals surface area (Å²) in [5, 5.41) is 19.3. The summed E-state index contributed by atoms with van der Waals surface area (Å²) >= 11 is 0. The highest BCUT2D eigenvalue weighted by molar-refractivity contribution is 5.83. The summed E-state index contributed by atoms with van der Waals surface area (Å²) in [6, 6.07) is 15.0. The molecule has 1 aromatic heterocycles. The van der Waals surface area contributed by atoms with Crippen molar-refractivity contribution in [1.82, 2.24) is 10.5 Å². The van der Waals surface area contributed by atoms with E-state index in [1.165, 1.54) is 0 Å². The quantitative estimate of drug-likeness (QED) is 0.451. The molecule has 0 unspecified atom stereocenters. The molecular formula is C22H22N2O4. The first kappa shape index (κ1) is 18.3. The SMILES string of the molecule is Cc1cc(COc2ccc(C[C@@H]3C[C@@H]3C(=O)NO)cc2)c2ccc(O)cc2n1. The Kier molecular flexibility index (Phi) is 4.88. The third-order valence-corrected chi connectivity index (χ3v) is 5.19. The van der Waals surface area contributed by atoms with Gasteiger partial charge in [0, 0.05) is 28.6 Å². The maximum absolute atomic E-state index is 11.4. The first-order chi connectivity index (χ1) is 13.5. The van der Waals surface area contributed by atoms with Crippen LogP contribution in [0.1, 0.15) is 23.2 Å². The number of hydrogen-bond acceptors (Lipinski definition) is 5. The van der Waals surface area contributed by atoms with Crippen molar-refractivity contribution in [2.75, 3.05) is 0 Å². The van der Waals surface area contributed by atoms with Crippen LogP contribution in [0.5, 0.6) is 11.5 Å². The number of phenolic OH excluding ortho intramolecular Hbond substituents is 1. The summed E-state index contributed by atoms with van der Waals surface area (Å²) in [5.74, 6) is 0.885. The number of amides is 1. The van der Waals surface area contributed by atoms with Gasteiger partial charge in [-0.05, 0) is 61.6 Å². The van der Waals surface area contributed by atoms with Crippen LogP contribution in [0.4, 0.5) is 0 Å². The number of aryl methyl sites for hydroxylation is 1. The molecule has 0 bridgehead atoms. The van der Waals surface area contributed by atoms with Crippen LogP contribution in [0.2, 0.25) is 0 Å². The van der Waals surface area contributed by atoms with E-state index in [4.69, 9.17) is 9.94 Å². The molecule has 0 radical (unpaired) electrons. The molecule has 0 spiro atoms. The molecule has 2 aromatic carbocycles. The number of ether oxygens (including phenoxy) is 1. The molecule has 6 heteroatoms. The van der Waals surface area contributed by atoms with Gasteiger partial charge in [-0.2, -0.15) is 0 Å². The largest absolute Gasteiger partial charge is 0.508 e. The number of aromatic hydroxyl groups is 1. The molecule has 1 aliphatic carbocycles. The molecule has 0 saturated heterocycles. The topological polar surface area (TPSA) is 91.7 Å². The summed E-state index contributed by atoms with van der Waals surface area (Å²) in [6.07, 6.45) is 1.63. The molecule has 1 fully saturated rings. The van der Waals surface area contributed by atoms with Gasteiger partial charge in [0.1, 0.15) is 18.1 Å². The van der Waals surface area contributed by atoms with Gasteiger partial charge in [0.25, 0.3) is 0 Å². The number of hydrogen-bond donors (Lipinski definition) is 3. The Labute approximate surface area is 162 Å². The summed E-state index contributed by atoms with van der Waals surface area (Å²) < 4.78 is 5.95. The van der Waals surface area contributed by atoms with E-state index < -0.39 is 0 Å². The molecule has 3 N–H and O–H groups in total. The minimum atomic E-state index is -0.293. The molecule has 144 valence electrons. The second-order valence-electron chi connectivity index (χ2n) is 7.34. The van der Waals surface area contributed by atoms with Gasteiger partial charge in [0.2, 0.25) is 5.91 Å². The lowest BCUT2D eigenvalue weighted by Crippen LogP contribution is -2.21. The van der Waals surface area contributed by atoms with Gasteiger partial charge in [-0.1, -0.05) is 12.1 Å². The minimum absolute atomic E-state index is 0.0800. The number of fused-ring (bicyclic) bond motifs is 1. The highest BCUT2D eigenvalue weighted by atomic mass is 16.5. The highest BCUT2D eigenvalue weighted by Gasteiger charge is 2.42. The maximum Gasteiger partial charge on any atom is 0.246 e. The van der Waals surface area contributed by atoms with E-state index in [1.54, 1.807) is 17.6 Å². The Balaban J connectivity index is 1.41. The lowest BCUT2D eigenvalue weighted by molar-refractivity contribution is -0.130. The zero-order chi connectivity index (χ0) is 19.7. The molecule has 2 atom stereocenters. The van der Waals surface area contributed by atoms with Gasteiger partial charge in [-0.15, -0.1) is 0 Å². The Hall–Kier alpha value is -3.12. The minimum Gasteiger partial charge on any atom is -0.508 e. The molecule has 1 amide bonds. The number of benzene rings is 2. The van der Waals surface area contributed by atoms with Crippen LogP contribution in [0.15, 0.2) is 48.5 Å². The Morgan fingerprint density at radius 3 is 2.75 bits per heavy atom. The lowest BCUT2D eigenvalue weighted by Gasteiger charge is -2.11. The fraction of sp³-hybridized carbons (Fsp3) is 0.273. The van der Waals surface area contributed by atoms with Crippen LogP contribution < -0.4 is 10.2 Å². The molecule has 0 aliphatic heterocycles. The van der Waals surface area contributed by atoms with Crippen LogP contribution in [-0.4, -0.2) is 21.2 Å². The van der Waals surface area contributed by atoms with Gasteiger partial charge in [-0.3, -0.25) is 15.0 Å².